The van der Waals surface area contributed by atoms with E-state index in [-0.39, 0.29) is 22.1 Å². The lowest BCUT2D eigenvalue weighted by atomic mass is 10.0. The highest BCUT2D eigenvalue weighted by atomic mass is 35.5. The van der Waals surface area contributed by atoms with E-state index in [0.717, 1.165) is 0 Å². The Bertz CT molecular complexity index is 463. The van der Waals surface area contributed by atoms with Gasteiger partial charge in [-0.15, -0.1) is 0 Å². The van der Waals surface area contributed by atoms with Crippen LogP contribution < -0.4 is 19.9 Å². The minimum Gasteiger partial charge on any atom is -0.495 e. The highest BCUT2D eigenvalue weighted by Gasteiger charge is 2.27. The number of ether oxygens (including phenoxy) is 3. The van der Waals surface area contributed by atoms with E-state index in [4.69, 9.17) is 36.7 Å². The molecule has 0 aliphatic carbocycles. The first-order valence-electron chi connectivity index (χ1n) is 4.94. The van der Waals surface area contributed by atoms with Gasteiger partial charge in [0.05, 0.1) is 26.4 Å². The number of hydrogen-bond donors (Lipinski definition) is 2. The lowest BCUT2D eigenvalue weighted by Gasteiger charge is -2.19. The standard InChI is InChI=1S/C11H14ClNO5/c1-16-5-4-6(17-2)10(18-3)7(8(5)12)9(13)11(14)15/h4,9H,13H2,1-3H3,(H,14,15). The van der Waals surface area contributed by atoms with Crippen molar-refractivity contribution in [3.63, 3.8) is 0 Å². The number of methoxy groups -OCH3 is 3. The quantitative estimate of drug-likeness (QED) is 0.845. The van der Waals surface area contributed by atoms with E-state index < -0.39 is 12.0 Å². The van der Waals surface area contributed by atoms with Crippen molar-refractivity contribution in [2.75, 3.05) is 21.3 Å². The summed E-state index contributed by atoms with van der Waals surface area (Å²) in [6.45, 7) is 0. The van der Waals surface area contributed by atoms with Crippen LogP contribution >= 0.6 is 11.6 Å². The number of nitrogens with two attached hydrogens (primary N) is 1. The lowest BCUT2D eigenvalue weighted by molar-refractivity contribution is -0.138. The number of hydrogen-bond acceptors (Lipinski definition) is 5. The molecule has 0 amide bonds. The zero-order valence-electron chi connectivity index (χ0n) is 10.2. The van der Waals surface area contributed by atoms with Gasteiger partial charge in [0.25, 0.3) is 0 Å². The molecule has 1 rings (SSSR count). The summed E-state index contributed by atoms with van der Waals surface area (Å²) < 4.78 is 15.2. The Balaban J connectivity index is 3.57. The van der Waals surface area contributed by atoms with E-state index >= 15 is 0 Å². The maximum atomic E-state index is 11.0. The van der Waals surface area contributed by atoms with Gasteiger partial charge in [-0.25, -0.2) is 0 Å². The Labute approximate surface area is 109 Å². The van der Waals surface area contributed by atoms with Crippen LogP contribution in [0.25, 0.3) is 0 Å². The van der Waals surface area contributed by atoms with Gasteiger partial charge >= 0.3 is 5.97 Å². The fraction of sp³-hybridized carbons (Fsp3) is 0.364. The summed E-state index contributed by atoms with van der Waals surface area (Å²) in [6.07, 6.45) is 0. The van der Waals surface area contributed by atoms with Crippen molar-refractivity contribution in [3.8, 4) is 17.2 Å². The molecule has 0 radical (unpaired) electrons. The molecule has 18 heavy (non-hydrogen) atoms. The molecule has 0 aromatic heterocycles. The van der Waals surface area contributed by atoms with Gasteiger partial charge in [-0.05, 0) is 0 Å². The fourth-order valence-corrected chi connectivity index (χ4v) is 1.86. The van der Waals surface area contributed by atoms with Crippen LogP contribution in [0.4, 0.5) is 0 Å². The molecule has 7 heteroatoms. The molecule has 1 unspecified atom stereocenters. The van der Waals surface area contributed by atoms with Crippen LogP contribution in [0, 0.1) is 0 Å². The lowest BCUT2D eigenvalue weighted by Crippen LogP contribution is -2.22. The summed E-state index contributed by atoms with van der Waals surface area (Å²) >= 11 is 6.06. The number of rotatable bonds is 5. The van der Waals surface area contributed by atoms with Gasteiger partial charge in [0.2, 0.25) is 0 Å². The maximum Gasteiger partial charge on any atom is 0.325 e. The van der Waals surface area contributed by atoms with Crippen molar-refractivity contribution in [1.29, 1.82) is 0 Å². The first-order valence-corrected chi connectivity index (χ1v) is 5.32. The predicted molar refractivity (Wildman–Crippen MR) is 65.7 cm³/mol. The summed E-state index contributed by atoms with van der Waals surface area (Å²) in [5.41, 5.74) is 5.70. The molecule has 0 aliphatic rings. The molecule has 0 fully saturated rings. The molecule has 3 N–H and O–H groups in total. The third-order valence-corrected chi connectivity index (χ3v) is 2.79. The third-order valence-electron chi connectivity index (χ3n) is 2.40. The van der Waals surface area contributed by atoms with Crippen LogP contribution in [0.2, 0.25) is 5.02 Å². The van der Waals surface area contributed by atoms with Crippen LogP contribution in [-0.4, -0.2) is 32.4 Å². The van der Waals surface area contributed by atoms with Gasteiger partial charge in [-0.1, -0.05) is 11.6 Å². The van der Waals surface area contributed by atoms with Gasteiger partial charge < -0.3 is 25.1 Å². The van der Waals surface area contributed by atoms with E-state index in [1.165, 1.54) is 27.4 Å². The van der Waals surface area contributed by atoms with Gasteiger partial charge in [0.15, 0.2) is 11.5 Å². The molecule has 1 aromatic rings. The minimum atomic E-state index is -1.34. The summed E-state index contributed by atoms with van der Waals surface area (Å²) in [4.78, 5) is 11.0. The molecule has 6 nitrogen and oxygen atoms in total. The predicted octanol–water partition coefficient (Wildman–Crippen LogP) is 1.45. The van der Waals surface area contributed by atoms with E-state index in [2.05, 4.69) is 0 Å². The van der Waals surface area contributed by atoms with Gasteiger partial charge in [-0.3, -0.25) is 4.79 Å². The second-order valence-electron chi connectivity index (χ2n) is 3.36. The molecular formula is C11H14ClNO5. The van der Waals surface area contributed by atoms with E-state index in [1.807, 2.05) is 0 Å². The molecule has 0 saturated carbocycles. The van der Waals surface area contributed by atoms with Crippen LogP contribution in [-0.2, 0) is 4.79 Å². The highest BCUT2D eigenvalue weighted by Crippen LogP contribution is 2.44. The molecule has 0 bridgehead atoms. The van der Waals surface area contributed by atoms with Gasteiger partial charge in [-0.2, -0.15) is 0 Å². The topological polar surface area (TPSA) is 91.0 Å². The van der Waals surface area contributed by atoms with Crippen molar-refractivity contribution in [3.05, 3.63) is 16.7 Å². The summed E-state index contributed by atoms with van der Waals surface area (Å²) in [7, 11) is 4.20. The largest absolute Gasteiger partial charge is 0.495 e. The van der Waals surface area contributed by atoms with Crippen LogP contribution in [0.15, 0.2) is 6.07 Å². The first-order chi connectivity index (χ1) is 8.47. The number of carboxylic acid groups (broad SMARTS) is 1. The highest BCUT2D eigenvalue weighted by molar-refractivity contribution is 6.33. The molecule has 1 aromatic carbocycles. The maximum absolute atomic E-state index is 11.0. The van der Waals surface area contributed by atoms with Gasteiger partial charge in [0, 0.05) is 11.6 Å². The number of carboxylic acids is 1. The van der Waals surface area contributed by atoms with E-state index in [9.17, 15) is 4.79 Å². The average Bonchev–Trinajstić information content (AvgIpc) is 2.36. The molecule has 0 saturated heterocycles. The SMILES string of the molecule is COc1cc(OC)c(OC)c(C(N)C(=O)O)c1Cl. The Kier molecular flexibility index (Phi) is 4.63. The van der Waals surface area contributed by atoms with Crippen molar-refractivity contribution in [2.45, 2.75) is 6.04 Å². The zero-order chi connectivity index (χ0) is 13.9. The monoisotopic (exact) mass is 275 g/mol. The normalized spacial score (nSPS) is 11.8. The summed E-state index contributed by atoms with van der Waals surface area (Å²) in [6, 6.07) is 0.163. The molecular weight excluding hydrogens is 262 g/mol. The molecule has 100 valence electrons. The van der Waals surface area contributed by atoms with Crippen molar-refractivity contribution < 1.29 is 24.1 Å². The van der Waals surface area contributed by atoms with Crippen molar-refractivity contribution >= 4 is 17.6 Å². The second-order valence-corrected chi connectivity index (χ2v) is 3.74. The summed E-state index contributed by atoms with van der Waals surface area (Å²) in [5.74, 6) is -0.491. The number of carbonyl (C=O) groups is 1. The molecule has 0 spiro atoms. The molecule has 1 atom stereocenters. The molecule has 0 heterocycles. The number of aliphatic carboxylic acids is 1. The number of halogens is 1. The third kappa shape index (κ3) is 2.44. The fourth-order valence-electron chi connectivity index (χ4n) is 1.53. The Morgan fingerprint density at radius 1 is 1.28 bits per heavy atom. The van der Waals surface area contributed by atoms with E-state index in [0.29, 0.717) is 5.75 Å². The molecule has 0 aliphatic heterocycles. The van der Waals surface area contributed by atoms with Crippen LogP contribution in [0.5, 0.6) is 17.2 Å². The Hall–Kier alpha value is -1.66. The number of benzene rings is 1. The van der Waals surface area contributed by atoms with Crippen molar-refractivity contribution in [2.24, 2.45) is 5.73 Å². The zero-order valence-corrected chi connectivity index (χ0v) is 10.9. The Morgan fingerprint density at radius 2 is 1.83 bits per heavy atom. The van der Waals surface area contributed by atoms with Crippen LogP contribution in [0.3, 0.4) is 0 Å². The van der Waals surface area contributed by atoms with Crippen LogP contribution in [0.1, 0.15) is 11.6 Å². The van der Waals surface area contributed by atoms with Gasteiger partial charge in [0.1, 0.15) is 11.8 Å². The smallest absolute Gasteiger partial charge is 0.325 e. The minimum absolute atomic E-state index is 0.0880. The Morgan fingerprint density at radius 3 is 2.22 bits per heavy atom. The summed E-state index contributed by atoms with van der Waals surface area (Å²) in [5, 5.41) is 9.07. The van der Waals surface area contributed by atoms with Crippen molar-refractivity contribution in [1.82, 2.24) is 0 Å². The second kappa shape index (κ2) is 5.79. The first kappa shape index (κ1) is 14.4. The average molecular weight is 276 g/mol. The van der Waals surface area contributed by atoms with E-state index in [1.54, 1.807) is 0 Å².